The van der Waals surface area contributed by atoms with E-state index in [1.54, 1.807) is 12.4 Å². The molecule has 1 aliphatic carbocycles. The number of imidazole rings is 1. The van der Waals surface area contributed by atoms with Gasteiger partial charge in [0.25, 0.3) is 0 Å². The molecule has 1 aliphatic rings. The predicted octanol–water partition coefficient (Wildman–Crippen LogP) is 2.80. The minimum Gasteiger partial charge on any atom is -0.347 e. The lowest BCUT2D eigenvalue weighted by atomic mass is 9.68. The number of hydrogen-bond donors (Lipinski definition) is 2. The maximum Gasteiger partial charge on any atom is 0.224 e. The van der Waals surface area contributed by atoms with E-state index in [9.17, 15) is 4.79 Å². The molecular formula is C14H23N3O. The highest BCUT2D eigenvalue weighted by molar-refractivity contribution is 5.79. The van der Waals surface area contributed by atoms with Crippen LogP contribution in [0.15, 0.2) is 12.4 Å². The molecule has 2 atom stereocenters. The van der Waals surface area contributed by atoms with E-state index in [-0.39, 0.29) is 23.3 Å². The Morgan fingerprint density at radius 2 is 2.33 bits per heavy atom. The number of aromatic nitrogens is 2. The average molecular weight is 249 g/mol. The second-order valence-corrected chi connectivity index (χ2v) is 5.99. The number of H-pyrrole nitrogens is 1. The van der Waals surface area contributed by atoms with Crippen molar-refractivity contribution < 1.29 is 4.79 Å². The molecule has 0 radical (unpaired) electrons. The van der Waals surface area contributed by atoms with Crippen LogP contribution >= 0.6 is 0 Å². The van der Waals surface area contributed by atoms with Gasteiger partial charge in [-0.25, -0.2) is 4.98 Å². The summed E-state index contributed by atoms with van der Waals surface area (Å²) in [5, 5.41) is 3.07. The maximum absolute atomic E-state index is 12.4. The zero-order chi connectivity index (χ0) is 13.2. The first-order valence-electron chi connectivity index (χ1n) is 6.80. The lowest BCUT2D eigenvalue weighted by Crippen LogP contribution is -2.42. The van der Waals surface area contributed by atoms with Crippen molar-refractivity contribution >= 4 is 5.91 Å². The number of nitrogens with one attached hydrogen (secondary N) is 2. The van der Waals surface area contributed by atoms with Crippen LogP contribution in [-0.2, 0) is 4.79 Å². The summed E-state index contributed by atoms with van der Waals surface area (Å²) in [6, 6.07) is -0.0507. The molecule has 18 heavy (non-hydrogen) atoms. The van der Waals surface area contributed by atoms with E-state index in [1.165, 1.54) is 6.42 Å². The molecule has 0 aliphatic heterocycles. The van der Waals surface area contributed by atoms with Crippen LogP contribution in [0.5, 0.6) is 0 Å². The van der Waals surface area contributed by atoms with E-state index >= 15 is 0 Å². The summed E-state index contributed by atoms with van der Waals surface area (Å²) in [6.07, 6.45) is 8.04. The highest BCUT2D eigenvalue weighted by Gasteiger charge is 2.37. The third-order valence-corrected chi connectivity index (χ3v) is 4.11. The second-order valence-electron chi connectivity index (χ2n) is 5.99. The van der Waals surface area contributed by atoms with Crippen LogP contribution in [0.4, 0.5) is 0 Å². The van der Waals surface area contributed by atoms with Crippen LogP contribution in [0.3, 0.4) is 0 Å². The summed E-state index contributed by atoms with van der Waals surface area (Å²) in [5.74, 6) is 1.12. The third-order valence-electron chi connectivity index (χ3n) is 4.11. The van der Waals surface area contributed by atoms with E-state index in [0.717, 1.165) is 25.1 Å². The molecule has 100 valence electrons. The van der Waals surface area contributed by atoms with Gasteiger partial charge in [-0.15, -0.1) is 0 Å². The standard InChI is InChI=1S/C14H23N3O/c1-10(12-15-8-9-16-12)17-13(18)11-6-4-5-7-14(11,2)3/h8-11H,4-7H2,1-3H3,(H,15,16)(H,17,18). The quantitative estimate of drug-likeness (QED) is 0.865. The molecule has 1 fully saturated rings. The Kier molecular flexibility index (Phi) is 3.73. The minimum atomic E-state index is -0.0507. The Bertz CT molecular complexity index is 397. The van der Waals surface area contributed by atoms with Crippen LogP contribution in [0.25, 0.3) is 0 Å². The van der Waals surface area contributed by atoms with Gasteiger partial charge in [-0.3, -0.25) is 4.79 Å². The topological polar surface area (TPSA) is 57.8 Å². The van der Waals surface area contributed by atoms with Gasteiger partial charge >= 0.3 is 0 Å². The Morgan fingerprint density at radius 1 is 1.56 bits per heavy atom. The van der Waals surface area contributed by atoms with Crippen molar-refractivity contribution in [1.29, 1.82) is 0 Å². The Labute approximate surface area is 109 Å². The van der Waals surface area contributed by atoms with Gasteiger partial charge in [-0.2, -0.15) is 0 Å². The molecule has 1 heterocycles. The van der Waals surface area contributed by atoms with Crippen molar-refractivity contribution in [2.24, 2.45) is 11.3 Å². The van der Waals surface area contributed by atoms with Crippen molar-refractivity contribution in [2.75, 3.05) is 0 Å². The first-order valence-corrected chi connectivity index (χ1v) is 6.80. The van der Waals surface area contributed by atoms with E-state index in [4.69, 9.17) is 0 Å². The second kappa shape index (κ2) is 5.12. The van der Waals surface area contributed by atoms with Crippen LogP contribution < -0.4 is 5.32 Å². The van der Waals surface area contributed by atoms with E-state index in [2.05, 4.69) is 29.1 Å². The summed E-state index contributed by atoms with van der Waals surface area (Å²) in [6.45, 7) is 6.37. The molecule has 0 bridgehead atoms. The smallest absolute Gasteiger partial charge is 0.224 e. The lowest BCUT2D eigenvalue weighted by Gasteiger charge is -2.37. The zero-order valence-electron chi connectivity index (χ0n) is 11.5. The predicted molar refractivity (Wildman–Crippen MR) is 70.9 cm³/mol. The van der Waals surface area contributed by atoms with Crippen LogP contribution in [0.2, 0.25) is 0 Å². The third kappa shape index (κ3) is 2.74. The van der Waals surface area contributed by atoms with Gasteiger partial charge in [-0.1, -0.05) is 26.7 Å². The molecule has 4 heteroatoms. The normalized spacial score (nSPS) is 24.5. The summed E-state index contributed by atoms with van der Waals surface area (Å²) < 4.78 is 0. The molecule has 0 aromatic carbocycles. The molecule has 0 spiro atoms. The maximum atomic E-state index is 12.4. The number of nitrogens with zero attached hydrogens (tertiary/aromatic N) is 1. The Balaban J connectivity index is 1.99. The van der Waals surface area contributed by atoms with Gasteiger partial charge in [0.05, 0.1) is 6.04 Å². The summed E-state index contributed by atoms with van der Waals surface area (Å²) in [7, 11) is 0. The number of hydrogen-bond acceptors (Lipinski definition) is 2. The summed E-state index contributed by atoms with van der Waals surface area (Å²) in [4.78, 5) is 19.6. The zero-order valence-corrected chi connectivity index (χ0v) is 11.5. The number of carbonyl (C=O) groups is 1. The van der Waals surface area contributed by atoms with Crippen molar-refractivity contribution in [3.8, 4) is 0 Å². The Hall–Kier alpha value is -1.32. The van der Waals surface area contributed by atoms with Crippen molar-refractivity contribution in [2.45, 2.75) is 52.5 Å². The molecule has 2 rings (SSSR count). The van der Waals surface area contributed by atoms with Gasteiger partial charge in [0.2, 0.25) is 5.91 Å². The molecule has 1 amide bonds. The van der Waals surface area contributed by atoms with Gasteiger partial charge in [0, 0.05) is 18.3 Å². The molecule has 4 nitrogen and oxygen atoms in total. The molecule has 2 N–H and O–H groups in total. The number of carbonyl (C=O) groups excluding carboxylic acids is 1. The van der Waals surface area contributed by atoms with Gasteiger partial charge in [0.1, 0.15) is 5.82 Å². The van der Waals surface area contributed by atoms with Crippen LogP contribution in [0.1, 0.15) is 58.3 Å². The van der Waals surface area contributed by atoms with Crippen LogP contribution in [0, 0.1) is 11.3 Å². The average Bonchev–Trinajstić information content (AvgIpc) is 2.81. The fraction of sp³-hybridized carbons (Fsp3) is 0.714. The SMILES string of the molecule is CC(NC(=O)C1CCCCC1(C)C)c1ncc[nH]1. The Morgan fingerprint density at radius 3 is 2.94 bits per heavy atom. The van der Waals surface area contributed by atoms with Crippen molar-refractivity contribution in [3.63, 3.8) is 0 Å². The highest BCUT2D eigenvalue weighted by atomic mass is 16.2. The number of aromatic amines is 1. The monoisotopic (exact) mass is 249 g/mol. The summed E-state index contributed by atoms with van der Waals surface area (Å²) in [5.41, 5.74) is 0.116. The molecule has 1 aromatic rings. The first kappa shape index (κ1) is 13.1. The molecular weight excluding hydrogens is 226 g/mol. The largest absolute Gasteiger partial charge is 0.347 e. The minimum absolute atomic E-state index is 0.0507. The molecule has 1 saturated carbocycles. The van der Waals surface area contributed by atoms with E-state index < -0.39 is 0 Å². The fourth-order valence-electron chi connectivity index (χ4n) is 2.88. The summed E-state index contributed by atoms with van der Waals surface area (Å²) >= 11 is 0. The lowest BCUT2D eigenvalue weighted by molar-refractivity contribution is -0.130. The highest BCUT2D eigenvalue weighted by Crippen LogP contribution is 2.40. The van der Waals surface area contributed by atoms with E-state index in [0.29, 0.717) is 0 Å². The van der Waals surface area contributed by atoms with Crippen molar-refractivity contribution in [1.82, 2.24) is 15.3 Å². The molecule has 0 saturated heterocycles. The number of rotatable bonds is 3. The van der Waals surface area contributed by atoms with E-state index in [1.807, 2.05) is 6.92 Å². The van der Waals surface area contributed by atoms with Gasteiger partial charge in [0.15, 0.2) is 0 Å². The van der Waals surface area contributed by atoms with Gasteiger partial charge in [-0.05, 0) is 25.2 Å². The first-order chi connectivity index (χ1) is 8.50. The molecule has 2 unspecified atom stereocenters. The van der Waals surface area contributed by atoms with Gasteiger partial charge < -0.3 is 10.3 Å². The molecule has 1 aromatic heterocycles. The van der Waals surface area contributed by atoms with Crippen LogP contribution in [-0.4, -0.2) is 15.9 Å². The fourth-order valence-corrected chi connectivity index (χ4v) is 2.88. The van der Waals surface area contributed by atoms with Crippen molar-refractivity contribution in [3.05, 3.63) is 18.2 Å². The number of amides is 1.